The van der Waals surface area contributed by atoms with Gasteiger partial charge in [0.1, 0.15) is 11.6 Å². The Morgan fingerprint density at radius 2 is 1.88 bits per heavy atom. The van der Waals surface area contributed by atoms with Gasteiger partial charge in [0, 0.05) is 48.0 Å². The second-order valence-corrected chi connectivity index (χ2v) is 9.34. The zero-order chi connectivity index (χ0) is 22.7. The summed E-state index contributed by atoms with van der Waals surface area (Å²) in [4.78, 5) is 24.0. The van der Waals surface area contributed by atoms with Crippen LogP contribution in [0.4, 0.5) is 16.2 Å². The molecule has 1 aromatic heterocycles. The van der Waals surface area contributed by atoms with Gasteiger partial charge in [-0.05, 0) is 49.9 Å². The van der Waals surface area contributed by atoms with Crippen molar-refractivity contribution in [3.8, 4) is 0 Å². The fourth-order valence-electron chi connectivity index (χ4n) is 4.14. The van der Waals surface area contributed by atoms with Crippen LogP contribution < -0.4 is 15.5 Å². The third-order valence-corrected chi connectivity index (χ3v) is 6.40. The highest BCUT2D eigenvalue weighted by Crippen LogP contribution is 2.28. The van der Waals surface area contributed by atoms with Crippen LogP contribution in [0.5, 0.6) is 0 Å². The van der Waals surface area contributed by atoms with Gasteiger partial charge in [-0.15, -0.1) is 0 Å². The van der Waals surface area contributed by atoms with Crippen molar-refractivity contribution in [3.05, 3.63) is 58.3 Å². The molecule has 1 heterocycles. The second-order valence-electron chi connectivity index (χ2n) is 8.43. The van der Waals surface area contributed by atoms with Crippen LogP contribution in [0.3, 0.4) is 0 Å². The molecule has 168 valence electrons. The van der Waals surface area contributed by atoms with Gasteiger partial charge in [-0.1, -0.05) is 34.1 Å². The average Bonchev–Trinajstić information content (AvgIpc) is 2.78. The van der Waals surface area contributed by atoms with Crippen molar-refractivity contribution in [1.29, 1.82) is 0 Å². The Labute approximate surface area is 195 Å². The van der Waals surface area contributed by atoms with E-state index in [0.717, 1.165) is 42.4 Å². The molecule has 0 bridgehead atoms. The topological polar surface area (TPSA) is 70.2 Å². The van der Waals surface area contributed by atoms with E-state index in [4.69, 9.17) is 4.98 Å². The minimum absolute atomic E-state index is 0.0115. The number of rotatable bonds is 6. The van der Waals surface area contributed by atoms with Gasteiger partial charge in [0.2, 0.25) is 11.9 Å². The summed E-state index contributed by atoms with van der Waals surface area (Å²) in [6.45, 7) is 0.203. The summed E-state index contributed by atoms with van der Waals surface area (Å²) in [6.07, 6.45) is 3.28. The lowest BCUT2D eigenvalue weighted by atomic mass is 9.85. The Morgan fingerprint density at radius 3 is 2.59 bits per heavy atom. The van der Waals surface area contributed by atoms with Gasteiger partial charge in [-0.25, -0.2) is 9.37 Å². The Bertz CT molecular complexity index is 1110. The number of fused-ring (bicyclic) bond motifs is 1. The number of benzene rings is 2. The molecule has 0 spiro atoms. The maximum absolute atomic E-state index is 14.0. The summed E-state index contributed by atoms with van der Waals surface area (Å²) < 4.78 is 14.7. The second kappa shape index (κ2) is 9.81. The summed E-state index contributed by atoms with van der Waals surface area (Å²) in [5, 5.41) is 7.37. The van der Waals surface area contributed by atoms with Crippen molar-refractivity contribution in [2.24, 2.45) is 5.92 Å². The molecular weight excluding hydrogens is 473 g/mol. The van der Waals surface area contributed by atoms with Gasteiger partial charge >= 0.3 is 0 Å². The number of hydrogen-bond acceptors (Lipinski definition) is 5. The first-order valence-electron chi connectivity index (χ1n) is 10.8. The minimum atomic E-state index is -0.319. The van der Waals surface area contributed by atoms with Crippen LogP contribution in [-0.4, -0.2) is 36.0 Å². The number of nitrogens with one attached hydrogen (secondary N) is 2. The van der Waals surface area contributed by atoms with Crippen molar-refractivity contribution >= 4 is 44.5 Å². The lowest BCUT2D eigenvalue weighted by Crippen LogP contribution is -2.36. The minimum Gasteiger partial charge on any atom is -0.362 e. The van der Waals surface area contributed by atoms with E-state index >= 15 is 0 Å². The largest absolute Gasteiger partial charge is 0.362 e. The molecule has 0 unspecified atom stereocenters. The molecule has 8 heteroatoms. The molecule has 6 nitrogen and oxygen atoms in total. The number of para-hydroxylation sites is 1. The lowest BCUT2D eigenvalue weighted by Gasteiger charge is -2.28. The highest BCUT2D eigenvalue weighted by atomic mass is 79.9. The van der Waals surface area contributed by atoms with Crippen molar-refractivity contribution in [3.63, 3.8) is 0 Å². The molecule has 1 saturated carbocycles. The molecule has 32 heavy (non-hydrogen) atoms. The van der Waals surface area contributed by atoms with Gasteiger partial charge in [-0.2, -0.15) is 4.98 Å². The first kappa shape index (κ1) is 22.5. The smallest absolute Gasteiger partial charge is 0.225 e. The zero-order valence-electron chi connectivity index (χ0n) is 18.2. The highest BCUT2D eigenvalue weighted by Gasteiger charge is 2.27. The SMILES string of the molecule is CN(C)c1nc(N[C@H]2CC[C@@H](C(=O)NCc3ccc(Br)cc3F)CC2)nc2ccccc12. The molecule has 0 radical (unpaired) electrons. The van der Waals surface area contributed by atoms with Crippen molar-refractivity contribution < 1.29 is 9.18 Å². The fourth-order valence-corrected chi connectivity index (χ4v) is 4.47. The fraction of sp³-hybridized carbons (Fsp3) is 0.375. The predicted octanol–water partition coefficient (Wildman–Crippen LogP) is 4.88. The monoisotopic (exact) mass is 499 g/mol. The molecule has 4 rings (SSSR count). The van der Waals surface area contributed by atoms with E-state index in [0.29, 0.717) is 16.0 Å². The summed E-state index contributed by atoms with van der Waals surface area (Å²) in [6, 6.07) is 13.1. The van der Waals surface area contributed by atoms with Crippen molar-refractivity contribution in [2.75, 3.05) is 24.3 Å². The number of carbonyl (C=O) groups is 1. The zero-order valence-corrected chi connectivity index (χ0v) is 19.8. The van der Waals surface area contributed by atoms with Gasteiger partial charge in [0.05, 0.1) is 5.52 Å². The summed E-state index contributed by atoms with van der Waals surface area (Å²) in [5.74, 6) is 1.11. The number of anilines is 2. The van der Waals surface area contributed by atoms with Crippen LogP contribution in [0.2, 0.25) is 0 Å². The van der Waals surface area contributed by atoms with Crippen LogP contribution in [-0.2, 0) is 11.3 Å². The molecule has 0 aliphatic heterocycles. The maximum atomic E-state index is 14.0. The van der Waals surface area contributed by atoms with E-state index in [9.17, 15) is 9.18 Å². The first-order valence-corrected chi connectivity index (χ1v) is 11.6. The van der Waals surface area contributed by atoms with Crippen LogP contribution in [0.15, 0.2) is 46.9 Å². The van der Waals surface area contributed by atoms with E-state index in [1.165, 1.54) is 6.07 Å². The number of amides is 1. The van der Waals surface area contributed by atoms with Crippen molar-refractivity contribution in [1.82, 2.24) is 15.3 Å². The first-order chi connectivity index (χ1) is 15.4. The average molecular weight is 500 g/mol. The van der Waals surface area contributed by atoms with Crippen molar-refractivity contribution in [2.45, 2.75) is 38.3 Å². The quantitative estimate of drug-likeness (QED) is 0.505. The molecule has 1 aliphatic carbocycles. The van der Waals surface area contributed by atoms with Crippen LogP contribution >= 0.6 is 15.9 Å². The normalized spacial score (nSPS) is 18.4. The van der Waals surface area contributed by atoms with Crippen LogP contribution in [0.25, 0.3) is 10.9 Å². The van der Waals surface area contributed by atoms with Gasteiger partial charge in [0.15, 0.2) is 0 Å². The van der Waals surface area contributed by atoms with E-state index < -0.39 is 0 Å². The molecule has 3 aromatic rings. The Balaban J connectivity index is 1.33. The van der Waals surface area contributed by atoms with Gasteiger partial charge in [0.25, 0.3) is 0 Å². The molecule has 2 aromatic carbocycles. The van der Waals surface area contributed by atoms with Crippen LogP contribution in [0.1, 0.15) is 31.2 Å². The third-order valence-electron chi connectivity index (χ3n) is 5.91. The molecule has 1 amide bonds. The van der Waals surface area contributed by atoms with E-state index in [1.807, 2.05) is 43.3 Å². The Hall–Kier alpha value is -2.74. The predicted molar refractivity (Wildman–Crippen MR) is 129 cm³/mol. The maximum Gasteiger partial charge on any atom is 0.225 e. The van der Waals surface area contributed by atoms with E-state index in [2.05, 4.69) is 31.5 Å². The van der Waals surface area contributed by atoms with Gasteiger partial charge < -0.3 is 15.5 Å². The standard InChI is InChI=1S/C24H27BrFN5O/c1-31(2)22-19-5-3-4-6-21(19)29-24(30-22)28-18-11-8-15(9-12-18)23(32)27-14-16-7-10-17(25)13-20(16)26/h3-7,10,13,15,18H,8-9,11-12,14H2,1-2H3,(H,27,32)(H,28,29,30)/t15-,18+. The lowest BCUT2D eigenvalue weighted by molar-refractivity contribution is -0.126. The molecular formula is C24H27BrFN5O. The van der Waals surface area contributed by atoms with Crippen LogP contribution in [0, 0.1) is 11.7 Å². The number of carbonyl (C=O) groups excluding carboxylic acids is 1. The summed E-state index contributed by atoms with van der Waals surface area (Å²) in [7, 11) is 3.95. The molecule has 0 saturated heterocycles. The number of nitrogens with zero attached hydrogens (tertiary/aromatic N) is 3. The molecule has 0 atom stereocenters. The number of hydrogen-bond donors (Lipinski definition) is 2. The molecule has 1 fully saturated rings. The van der Waals surface area contributed by atoms with E-state index in [1.54, 1.807) is 12.1 Å². The summed E-state index contributed by atoms with van der Waals surface area (Å²) in [5.41, 5.74) is 1.39. The van der Waals surface area contributed by atoms with Gasteiger partial charge in [-0.3, -0.25) is 4.79 Å². The number of halogens is 2. The summed E-state index contributed by atoms with van der Waals surface area (Å²) >= 11 is 3.25. The Morgan fingerprint density at radius 1 is 1.12 bits per heavy atom. The van der Waals surface area contributed by atoms with E-state index in [-0.39, 0.29) is 30.2 Å². The third kappa shape index (κ3) is 5.18. The molecule has 2 N–H and O–H groups in total. The highest BCUT2D eigenvalue weighted by molar-refractivity contribution is 9.10. The Kier molecular flexibility index (Phi) is 6.89. The number of aromatic nitrogens is 2. The molecule has 1 aliphatic rings.